The van der Waals surface area contributed by atoms with Crippen molar-refractivity contribution in [3.05, 3.63) is 30.6 Å². The van der Waals surface area contributed by atoms with Crippen LogP contribution in [0.5, 0.6) is 5.75 Å². The van der Waals surface area contributed by atoms with Crippen molar-refractivity contribution in [1.82, 2.24) is 25.0 Å². The van der Waals surface area contributed by atoms with Gasteiger partial charge in [-0.1, -0.05) is 23.1 Å². The van der Waals surface area contributed by atoms with Gasteiger partial charge in [0.1, 0.15) is 17.1 Å². The van der Waals surface area contributed by atoms with Crippen LogP contribution >= 0.6 is 23.1 Å². The fraction of sp³-hybridized carbons (Fsp3) is 0.267. The summed E-state index contributed by atoms with van der Waals surface area (Å²) >= 11 is 2.65. The lowest BCUT2D eigenvalue weighted by molar-refractivity contribution is -0.115. The molecule has 0 aliphatic heterocycles. The van der Waals surface area contributed by atoms with Gasteiger partial charge in [-0.05, 0) is 31.2 Å². The molecule has 3 aromatic rings. The Labute approximate surface area is 152 Å². The van der Waals surface area contributed by atoms with Gasteiger partial charge in [0.15, 0.2) is 5.16 Å². The number of nitrogens with one attached hydrogen (secondary N) is 1. The Morgan fingerprint density at radius 1 is 1.28 bits per heavy atom. The Bertz CT molecular complexity index is 861. The third kappa shape index (κ3) is 4.15. The second-order valence-electron chi connectivity index (χ2n) is 5.11. The number of carbonyl (C=O) groups excluding carboxylic acids is 1. The number of benzene rings is 1. The summed E-state index contributed by atoms with van der Waals surface area (Å²) in [6.45, 7) is 1.81. The lowest BCUT2D eigenvalue weighted by atomic mass is 10.2. The molecule has 0 bridgehead atoms. The molecule has 0 unspecified atom stereocenters. The van der Waals surface area contributed by atoms with Gasteiger partial charge >= 0.3 is 0 Å². The van der Waals surface area contributed by atoms with Crippen molar-refractivity contribution in [2.45, 2.75) is 17.3 Å². The van der Waals surface area contributed by atoms with E-state index in [4.69, 9.17) is 4.74 Å². The molecule has 0 fully saturated rings. The van der Waals surface area contributed by atoms with Crippen LogP contribution in [0.15, 0.2) is 35.7 Å². The van der Waals surface area contributed by atoms with E-state index in [0.29, 0.717) is 10.3 Å². The smallest absolute Gasteiger partial charge is 0.239 e. The molecule has 1 N–H and O–H groups in total. The number of anilines is 1. The predicted molar refractivity (Wildman–Crippen MR) is 96.8 cm³/mol. The lowest BCUT2D eigenvalue weighted by Gasteiger charge is -2.08. The molecule has 1 atom stereocenters. The average molecular weight is 376 g/mol. The van der Waals surface area contributed by atoms with Crippen molar-refractivity contribution in [2.24, 2.45) is 7.05 Å². The fourth-order valence-corrected chi connectivity index (χ4v) is 3.46. The van der Waals surface area contributed by atoms with Gasteiger partial charge in [-0.3, -0.25) is 10.1 Å². The molecule has 1 amide bonds. The molecule has 0 saturated carbocycles. The molecular formula is C15H16N6O2S2. The number of ether oxygens (including phenoxy) is 1. The van der Waals surface area contributed by atoms with Crippen molar-refractivity contribution in [2.75, 3.05) is 12.4 Å². The van der Waals surface area contributed by atoms with Gasteiger partial charge in [-0.25, -0.2) is 0 Å². The minimum Gasteiger partial charge on any atom is -0.497 e. The minimum atomic E-state index is -0.337. The van der Waals surface area contributed by atoms with Gasteiger partial charge < -0.3 is 9.30 Å². The van der Waals surface area contributed by atoms with E-state index in [-0.39, 0.29) is 11.2 Å². The van der Waals surface area contributed by atoms with Crippen LogP contribution in [-0.4, -0.2) is 43.2 Å². The summed E-state index contributed by atoms with van der Waals surface area (Å²) in [5.41, 5.74) is 0.917. The molecule has 1 aromatic carbocycles. The zero-order valence-corrected chi connectivity index (χ0v) is 15.5. The maximum Gasteiger partial charge on any atom is 0.239 e. The van der Waals surface area contributed by atoms with Crippen molar-refractivity contribution < 1.29 is 9.53 Å². The second kappa shape index (κ2) is 7.62. The maximum absolute atomic E-state index is 12.3. The number of methoxy groups -OCH3 is 1. The molecule has 8 nitrogen and oxygen atoms in total. The molecule has 0 aliphatic rings. The number of aryl methyl sites for hydroxylation is 1. The van der Waals surface area contributed by atoms with E-state index in [0.717, 1.165) is 16.3 Å². The van der Waals surface area contributed by atoms with Crippen LogP contribution in [0.2, 0.25) is 0 Å². The van der Waals surface area contributed by atoms with Crippen LogP contribution < -0.4 is 10.1 Å². The van der Waals surface area contributed by atoms with Crippen molar-refractivity contribution >= 4 is 34.1 Å². The van der Waals surface area contributed by atoms with Gasteiger partial charge in [0, 0.05) is 12.6 Å². The highest BCUT2D eigenvalue weighted by Gasteiger charge is 2.19. The maximum atomic E-state index is 12.3. The number of thioether (sulfide) groups is 1. The van der Waals surface area contributed by atoms with Crippen LogP contribution in [0.25, 0.3) is 10.6 Å². The van der Waals surface area contributed by atoms with Crippen molar-refractivity contribution in [3.63, 3.8) is 0 Å². The summed E-state index contributed by atoms with van der Waals surface area (Å²) in [6.07, 6.45) is 1.60. The van der Waals surface area contributed by atoms with Crippen LogP contribution in [0.3, 0.4) is 0 Å². The summed E-state index contributed by atoms with van der Waals surface area (Å²) in [7, 11) is 3.45. The van der Waals surface area contributed by atoms with Crippen LogP contribution in [0.4, 0.5) is 5.13 Å². The third-order valence-corrected chi connectivity index (χ3v) is 5.35. The monoisotopic (exact) mass is 376 g/mol. The number of hydrogen-bond donors (Lipinski definition) is 1. The van der Waals surface area contributed by atoms with Gasteiger partial charge in [0.05, 0.1) is 12.4 Å². The Kier molecular flexibility index (Phi) is 5.29. The highest BCUT2D eigenvalue weighted by Crippen LogP contribution is 2.28. The van der Waals surface area contributed by atoms with E-state index in [1.54, 1.807) is 24.9 Å². The first-order chi connectivity index (χ1) is 12.1. The van der Waals surface area contributed by atoms with E-state index in [2.05, 4.69) is 25.7 Å². The molecule has 2 heterocycles. The minimum absolute atomic E-state index is 0.162. The topological polar surface area (TPSA) is 94.8 Å². The van der Waals surface area contributed by atoms with E-state index < -0.39 is 0 Å². The lowest BCUT2D eigenvalue weighted by Crippen LogP contribution is -2.22. The second-order valence-corrected chi connectivity index (χ2v) is 7.40. The Morgan fingerprint density at radius 2 is 2.04 bits per heavy atom. The van der Waals surface area contributed by atoms with Crippen LogP contribution in [0, 0.1) is 0 Å². The largest absolute Gasteiger partial charge is 0.497 e. The predicted octanol–water partition coefficient (Wildman–Crippen LogP) is 2.46. The van der Waals surface area contributed by atoms with E-state index in [1.165, 1.54) is 23.1 Å². The number of carbonyl (C=O) groups is 1. The molecule has 10 heteroatoms. The zero-order valence-electron chi connectivity index (χ0n) is 13.8. The molecule has 0 radical (unpaired) electrons. The Morgan fingerprint density at radius 3 is 2.68 bits per heavy atom. The molecule has 2 aromatic heterocycles. The number of aromatic nitrogens is 5. The SMILES string of the molecule is COc1ccc(-c2nnc(NC(=O)[C@H](C)Sc3nncn3C)s2)cc1. The molecule has 130 valence electrons. The Balaban J connectivity index is 1.64. The number of hydrogen-bond acceptors (Lipinski definition) is 8. The molecular weight excluding hydrogens is 360 g/mol. The standard InChI is InChI=1S/C15H16N6O2S2/c1-9(24-15-20-16-8-21(15)2)12(22)17-14-19-18-13(25-14)10-4-6-11(23-3)7-5-10/h4-9H,1-3H3,(H,17,19,22)/t9-/m0/s1. The normalized spacial score (nSPS) is 12.0. The highest BCUT2D eigenvalue weighted by atomic mass is 32.2. The molecule has 25 heavy (non-hydrogen) atoms. The number of nitrogens with zero attached hydrogens (tertiary/aromatic N) is 5. The molecule has 0 saturated heterocycles. The summed E-state index contributed by atoms with van der Waals surface area (Å²) in [6, 6.07) is 7.51. The highest BCUT2D eigenvalue weighted by molar-refractivity contribution is 8.00. The first kappa shape index (κ1) is 17.4. The van der Waals surface area contributed by atoms with Gasteiger partial charge in [0.2, 0.25) is 11.0 Å². The van der Waals surface area contributed by atoms with Gasteiger partial charge in [0.25, 0.3) is 0 Å². The van der Waals surface area contributed by atoms with Gasteiger partial charge in [-0.15, -0.1) is 20.4 Å². The molecule has 3 rings (SSSR count). The number of amides is 1. The summed E-state index contributed by atoms with van der Waals surface area (Å²) in [4.78, 5) is 12.3. The molecule has 0 spiro atoms. The molecule has 0 aliphatic carbocycles. The third-order valence-electron chi connectivity index (χ3n) is 3.31. The van der Waals surface area contributed by atoms with E-state index in [9.17, 15) is 4.79 Å². The summed E-state index contributed by atoms with van der Waals surface area (Å²) in [5, 5.41) is 20.2. The average Bonchev–Trinajstić information content (AvgIpc) is 3.24. The van der Waals surface area contributed by atoms with Crippen molar-refractivity contribution in [3.8, 4) is 16.3 Å². The Hall–Kier alpha value is -2.46. The van der Waals surface area contributed by atoms with E-state index in [1.807, 2.05) is 31.3 Å². The van der Waals surface area contributed by atoms with Crippen LogP contribution in [-0.2, 0) is 11.8 Å². The first-order valence-electron chi connectivity index (χ1n) is 7.36. The van der Waals surface area contributed by atoms with Crippen molar-refractivity contribution in [1.29, 1.82) is 0 Å². The summed E-state index contributed by atoms with van der Waals surface area (Å²) in [5.74, 6) is 0.613. The van der Waals surface area contributed by atoms with E-state index >= 15 is 0 Å². The zero-order chi connectivity index (χ0) is 17.8. The number of rotatable bonds is 6. The quantitative estimate of drug-likeness (QED) is 0.660. The first-order valence-corrected chi connectivity index (χ1v) is 9.06. The summed E-state index contributed by atoms with van der Waals surface area (Å²) < 4.78 is 6.90. The fourth-order valence-electron chi connectivity index (χ4n) is 1.92. The van der Waals surface area contributed by atoms with Crippen LogP contribution in [0.1, 0.15) is 6.92 Å². The van der Waals surface area contributed by atoms with Gasteiger partial charge in [-0.2, -0.15) is 0 Å².